The molecule has 2 atom stereocenters. The van der Waals surface area contributed by atoms with Crippen molar-refractivity contribution in [3.8, 4) is 5.75 Å². The number of hydrogen-bond acceptors (Lipinski definition) is 6. The van der Waals surface area contributed by atoms with Crippen molar-refractivity contribution >= 4 is 22.6 Å². The summed E-state index contributed by atoms with van der Waals surface area (Å²) in [5, 5.41) is 11.2. The number of nitro benzene ring substituents is 1. The SMILES string of the molecule is CCOC(=O)C(F)(F)[C@@]1(N[S@](=O)C(C)(C)C)CCOc2ccc([N+](=O)[O-])cc21. The summed E-state index contributed by atoms with van der Waals surface area (Å²) in [5.74, 6) is -6.04. The Labute approximate surface area is 163 Å². The van der Waals surface area contributed by atoms with Gasteiger partial charge in [-0.15, -0.1) is 0 Å². The molecule has 8 nitrogen and oxygen atoms in total. The van der Waals surface area contributed by atoms with E-state index in [0.717, 1.165) is 12.1 Å². The van der Waals surface area contributed by atoms with Gasteiger partial charge in [-0.3, -0.25) is 10.1 Å². The van der Waals surface area contributed by atoms with Crippen LogP contribution in [0.25, 0.3) is 0 Å². The summed E-state index contributed by atoms with van der Waals surface area (Å²) in [6.07, 6.45) is -0.450. The third kappa shape index (κ3) is 3.86. The maximum atomic E-state index is 15.4. The number of nitrogens with one attached hydrogen (secondary N) is 1. The van der Waals surface area contributed by atoms with Crippen LogP contribution in [-0.4, -0.2) is 39.0 Å². The molecule has 1 aliphatic heterocycles. The minimum atomic E-state index is -4.17. The Morgan fingerprint density at radius 3 is 2.61 bits per heavy atom. The molecule has 0 aliphatic carbocycles. The summed E-state index contributed by atoms with van der Waals surface area (Å²) >= 11 is 0. The number of non-ortho nitro benzene ring substituents is 1. The zero-order chi connectivity index (χ0) is 21.3. The van der Waals surface area contributed by atoms with Crippen molar-refractivity contribution in [2.24, 2.45) is 0 Å². The second-order valence-electron chi connectivity index (χ2n) is 7.22. The van der Waals surface area contributed by atoms with Gasteiger partial charge in [0.05, 0.1) is 33.9 Å². The van der Waals surface area contributed by atoms with E-state index in [4.69, 9.17) is 4.74 Å². The molecular weight excluding hydrogens is 398 g/mol. The van der Waals surface area contributed by atoms with Gasteiger partial charge >= 0.3 is 11.9 Å². The molecule has 0 bridgehead atoms. The number of nitrogens with zero attached hydrogens (tertiary/aromatic N) is 1. The topological polar surface area (TPSA) is 108 Å². The Hall–Kier alpha value is -2.14. The number of esters is 1. The summed E-state index contributed by atoms with van der Waals surface area (Å²) in [5.41, 5.74) is -3.28. The molecule has 11 heteroatoms. The highest BCUT2D eigenvalue weighted by Gasteiger charge is 2.64. The molecule has 0 amide bonds. The lowest BCUT2D eigenvalue weighted by Crippen LogP contribution is -2.63. The highest BCUT2D eigenvalue weighted by molar-refractivity contribution is 7.84. The fraction of sp³-hybridized carbons (Fsp3) is 0.588. The van der Waals surface area contributed by atoms with Crippen LogP contribution < -0.4 is 9.46 Å². The van der Waals surface area contributed by atoms with Crippen LogP contribution in [-0.2, 0) is 26.1 Å². The molecule has 2 rings (SSSR count). The molecule has 1 aliphatic rings. The zero-order valence-electron chi connectivity index (χ0n) is 15.9. The standard InChI is InChI=1S/C17H22F2N2O6S/c1-5-26-14(22)17(18,19)16(20-28(25)15(2,3)4)8-9-27-13-7-6-11(21(23)24)10-12(13)16/h6-7,10,20H,5,8-9H2,1-4H3/t16-,28-/m1/s1. The number of hydrogen-bond donors (Lipinski definition) is 1. The molecule has 1 heterocycles. The van der Waals surface area contributed by atoms with Crippen LogP contribution in [0.2, 0.25) is 0 Å². The highest BCUT2D eigenvalue weighted by atomic mass is 32.2. The third-order valence-electron chi connectivity index (χ3n) is 4.26. The summed E-state index contributed by atoms with van der Waals surface area (Å²) in [4.78, 5) is 22.6. The fourth-order valence-corrected chi connectivity index (χ4v) is 3.71. The van der Waals surface area contributed by atoms with Crippen molar-refractivity contribution in [1.29, 1.82) is 0 Å². The Kier molecular flexibility index (Phi) is 6.10. The number of rotatable bonds is 6. The normalized spacial score (nSPS) is 20.6. The smallest absolute Gasteiger partial charge is 0.379 e. The summed E-state index contributed by atoms with van der Waals surface area (Å²) in [7, 11) is -2.03. The molecule has 0 spiro atoms. The first-order valence-electron chi connectivity index (χ1n) is 8.53. The average molecular weight is 420 g/mol. The molecule has 28 heavy (non-hydrogen) atoms. The third-order valence-corrected chi connectivity index (χ3v) is 5.91. The fourth-order valence-electron chi connectivity index (χ4n) is 2.74. The molecule has 1 aromatic rings. The molecule has 1 N–H and O–H groups in total. The van der Waals surface area contributed by atoms with E-state index < -0.39 is 50.2 Å². The number of carbonyl (C=O) groups is 1. The molecular formula is C17H22F2N2O6S. The summed E-state index contributed by atoms with van der Waals surface area (Å²) in [6, 6.07) is 3.21. The van der Waals surface area contributed by atoms with Gasteiger partial charge in [0.1, 0.15) is 11.3 Å². The van der Waals surface area contributed by atoms with Crippen LogP contribution in [0.3, 0.4) is 0 Å². The monoisotopic (exact) mass is 420 g/mol. The molecule has 0 radical (unpaired) electrons. The number of fused-ring (bicyclic) bond motifs is 1. The van der Waals surface area contributed by atoms with Gasteiger partial charge in [-0.2, -0.15) is 8.78 Å². The van der Waals surface area contributed by atoms with E-state index in [9.17, 15) is 19.1 Å². The first-order chi connectivity index (χ1) is 12.9. The number of carbonyl (C=O) groups excluding carboxylic acids is 1. The Balaban J connectivity index is 2.74. The van der Waals surface area contributed by atoms with E-state index in [2.05, 4.69) is 9.46 Å². The van der Waals surface area contributed by atoms with Crippen molar-refractivity contribution < 1.29 is 32.2 Å². The second kappa shape index (κ2) is 7.70. The minimum absolute atomic E-state index is 0.0563. The van der Waals surface area contributed by atoms with Crippen molar-refractivity contribution in [3.63, 3.8) is 0 Å². The highest BCUT2D eigenvalue weighted by Crippen LogP contribution is 2.49. The lowest BCUT2D eigenvalue weighted by molar-refractivity contribution is -0.385. The van der Waals surface area contributed by atoms with E-state index in [1.807, 2.05) is 0 Å². The predicted octanol–water partition coefficient (Wildman–Crippen LogP) is 2.82. The molecule has 0 saturated carbocycles. The van der Waals surface area contributed by atoms with E-state index in [-0.39, 0.29) is 24.5 Å². The number of ether oxygens (including phenoxy) is 2. The molecule has 0 aromatic heterocycles. The van der Waals surface area contributed by atoms with E-state index in [0.29, 0.717) is 0 Å². The predicted molar refractivity (Wildman–Crippen MR) is 97.5 cm³/mol. The molecule has 0 saturated heterocycles. The van der Waals surface area contributed by atoms with Crippen molar-refractivity contribution in [2.45, 2.75) is 50.3 Å². The maximum Gasteiger partial charge on any atom is 0.379 e. The maximum absolute atomic E-state index is 15.4. The Morgan fingerprint density at radius 2 is 2.07 bits per heavy atom. The van der Waals surface area contributed by atoms with Crippen molar-refractivity contribution in [3.05, 3.63) is 33.9 Å². The van der Waals surface area contributed by atoms with Crippen LogP contribution in [0.5, 0.6) is 5.75 Å². The van der Waals surface area contributed by atoms with Gasteiger partial charge in [0.25, 0.3) is 5.69 Å². The largest absolute Gasteiger partial charge is 0.493 e. The number of alkyl halides is 2. The van der Waals surface area contributed by atoms with Gasteiger partial charge in [0, 0.05) is 24.1 Å². The van der Waals surface area contributed by atoms with Crippen LogP contribution >= 0.6 is 0 Å². The van der Waals surface area contributed by atoms with Crippen LogP contribution in [0.4, 0.5) is 14.5 Å². The zero-order valence-corrected chi connectivity index (χ0v) is 16.7. The minimum Gasteiger partial charge on any atom is -0.493 e. The van der Waals surface area contributed by atoms with Crippen molar-refractivity contribution in [1.82, 2.24) is 4.72 Å². The van der Waals surface area contributed by atoms with Gasteiger partial charge in [0.15, 0.2) is 0 Å². The Morgan fingerprint density at radius 1 is 1.43 bits per heavy atom. The van der Waals surface area contributed by atoms with Gasteiger partial charge in [0.2, 0.25) is 0 Å². The van der Waals surface area contributed by atoms with Gasteiger partial charge in [-0.25, -0.2) is 13.7 Å². The van der Waals surface area contributed by atoms with Gasteiger partial charge < -0.3 is 9.47 Å². The average Bonchev–Trinajstić information content (AvgIpc) is 2.60. The summed E-state index contributed by atoms with van der Waals surface area (Å²) < 4.78 is 54.9. The van der Waals surface area contributed by atoms with Crippen LogP contribution in [0, 0.1) is 10.1 Å². The quantitative estimate of drug-likeness (QED) is 0.431. The van der Waals surface area contributed by atoms with Crippen LogP contribution in [0.1, 0.15) is 39.7 Å². The molecule has 1 aromatic carbocycles. The Bertz CT molecular complexity index is 811. The number of halogens is 2. The second-order valence-corrected chi connectivity index (χ2v) is 9.19. The lowest BCUT2D eigenvalue weighted by atomic mass is 9.79. The van der Waals surface area contributed by atoms with E-state index in [1.54, 1.807) is 20.8 Å². The van der Waals surface area contributed by atoms with Crippen molar-refractivity contribution in [2.75, 3.05) is 13.2 Å². The first-order valence-corrected chi connectivity index (χ1v) is 9.68. The van der Waals surface area contributed by atoms with E-state index >= 15 is 8.78 Å². The van der Waals surface area contributed by atoms with Gasteiger partial charge in [-0.1, -0.05) is 0 Å². The van der Waals surface area contributed by atoms with Crippen LogP contribution in [0.15, 0.2) is 18.2 Å². The summed E-state index contributed by atoms with van der Waals surface area (Å²) in [6.45, 7) is 5.59. The molecule has 0 unspecified atom stereocenters. The number of nitro groups is 1. The number of benzene rings is 1. The lowest BCUT2D eigenvalue weighted by Gasteiger charge is -2.43. The van der Waals surface area contributed by atoms with Gasteiger partial charge in [-0.05, 0) is 33.8 Å². The first kappa shape index (κ1) is 22.2. The molecule has 156 valence electrons. The van der Waals surface area contributed by atoms with E-state index in [1.165, 1.54) is 13.0 Å². The molecule has 0 fully saturated rings.